The first kappa shape index (κ1) is 15.3. The van der Waals surface area contributed by atoms with Crippen LogP contribution in [0, 0.1) is 0 Å². The van der Waals surface area contributed by atoms with Gasteiger partial charge in [0.2, 0.25) is 0 Å². The molecule has 0 aliphatic heterocycles. The number of anilines is 1. The fraction of sp³-hybridized carbons (Fsp3) is 0.0526. The molecule has 0 spiro atoms. The zero-order valence-corrected chi connectivity index (χ0v) is 13.5. The Labute approximate surface area is 138 Å². The quantitative estimate of drug-likeness (QED) is 0.751. The Morgan fingerprint density at radius 2 is 1.39 bits per heavy atom. The molecule has 3 aromatic carbocycles. The van der Waals surface area contributed by atoms with Crippen LogP contribution in [0.15, 0.2) is 83.8 Å². The Morgan fingerprint density at radius 3 is 2.00 bits per heavy atom. The molecule has 0 saturated carbocycles. The van der Waals surface area contributed by atoms with Gasteiger partial charge in [-0.25, -0.2) is 4.21 Å². The van der Waals surface area contributed by atoms with Crippen LogP contribution in [0.1, 0.15) is 0 Å². The normalized spacial score (nSPS) is 11.7. The van der Waals surface area contributed by atoms with E-state index in [-0.39, 0.29) is 0 Å². The summed E-state index contributed by atoms with van der Waals surface area (Å²) in [6, 6.07) is 25.2. The first-order valence-corrected chi connectivity index (χ1v) is 8.39. The van der Waals surface area contributed by atoms with E-state index in [4.69, 9.17) is 4.74 Å². The summed E-state index contributed by atoms with van der Waals surface area (Å²) in [5.41, 5.74) is 3.04. The second-order valence-electron chi connectivity index (χ2n) is 4.99. The number of rotatable bonds is 5. The van der Waals surface area contributed by atoms with Crippen molar-refractivity contribution in [2.24, 2.45) is 0 Å². The van der Waals surface area contributed by atoms with Gasteiger partial charge in [-0.15, -0.1) is 0 Å². The molecule has 4 heteroatoms. The fourth-order valence-corrected chi connectivity index (χ4v) is 3.08. The number of benzene rings is 3. The molecule has 0 radical (unpaired) electrons. The number of ether oxygens (including phenoxy) is 1. The van der Waals surface area contributed by atoms with Crippen molar-refractivity contribution >= 4 is 16.7 Å². The van der Waals surface area contributed by atoms with E-state index in [0.29, 0.717) is 0 Å². The SMILES string of the molecule is COc1ccc(N[S@](=O)c2ccc(-c3ccccc3)cc2)cc1. The molecule has 1 N–H and O–H groups in total. The predicted molar refractivity (Wildman–Crippen MR) is 94.9 cm³/mol. The van der Waals surface area contributed by atoms with Gasteiger partial charge in [0.05, 0.1) is 12.0 Å². The van der Waals surface area contributed by atoms with E-state index >= 15 is 0 Å². The van der Waals surface area contributed by atoms with Crippen molar-refractivity contribution in [2.75, 3.05) is 11.8 Å². The predicted octanol–water partition coefficient (Wildman–Crippen LogP) is 4.50. The highest BCUT2D eigenvalue weighted by atomic mass is 32.2. The van der Waals surface area contributed by atoms with Gasteiger partial charge >= 0.3 is 0 Å². The summed E-state index contributed by atoms with van der Waals surface area (Å²) in [4.78, 5) is 0.737. The average molecular weight is 323 g/mol. The smallest absolute Gasteiger partial charge is 0.150 e. The zero-order valence-electron chi connectivity index (χ0n) is 12.7. The molecular weight excluding hydrogens is 306 g/mol. The summed E-state index contributed by atoms with van der Waals surface area (Å²) in [6.07, 6.45) is 0. The molecule has 3 nitrogen and oxygen atoms in total. The first-order valence-electron chi connectivity index (χ1n) is 7.24. The van der Waals surface area contributed by atoms with Crippen LogP contribution in [0.4, 0.5) is 5.69 Å². The van der Waals surface area contributed by atoms with Crippen LogP contribution in [-0.2, 0) is 11.0 Å². The highest BCUT2D eigenvalue weighted by molar-refractivity contribution is 7.86. The second-order valence-corrected chi connectivity index (χ2v) is 6.20. The molecule has 0 aliphatic rings. The van der Waals surface area contributed by atoms with Gasteiger partial charge in [-0.3, -0.25) is 0 Å². The number of methoxy groups -OCH3 is 1. The van der Waals surface area contributed by atoms with Gasteiger partial charge in [0.25, 0.3) is 0 Å². The molecule has 0 aromatic heterocycles. The number of hydrogen-bond donors (Lipinski definition) is 1. The minimum atomic E-state index is -1.30. The summed E-state index contributed by atoms with van der Waals surface area (Å²) >= 11 is 0. The van der Waals surface area contributed by atoms with Gasteiger partial charge in [0.1, 0.15) is 16.7 Å². The Hall–Kier alpha value is -2.59. The maximum absolute atomic E-state index is 12.4. The highest BCUT2D eigenvalue weighted by Crippen LogP contribution is 2.21. The van der Waals surface area contributed by atoms with Gasteiger partial charge in [-0.05, 0) is 47.5 Å². The lowest BCUT2D eigenvalue weighted by Gasteiger charge is -2.08. The average Bonchev–Trinajstić information content (AvgIpc) is 2.63. The minimum Gasteiger partial charge on any atom is -0.497 e. The Morgan fingerprint density at radius 1 is 0.783 bits per heavy atom. The Balaban J connectivity index is 1.72. The minimum absolute atomic E-state index is 0.737. The third kappa shape index (κ3) is 3.79. The maximum atomic E-state index is 12.4. The van der Waals surface area contributed by atoms with Crippen molar-refractivity contribution in [3.8, 4) is 16.9 Å². The van der Waals surface area contributed by atoms with Crippen LogP contribution >= 0.6 is 0 Å². The Kier molecular flexibility index (Phi) is 4.74. The molecule has 3 aromatic rings. The lowest BCUT2D eigenvalue weighted by Crippen LogP contribution is -2.04. The highest BCUT2D eigenvalue weighted by Gasteiger charge is 2.05. The van der Waals surface area contributed by atoms with Crippen molar-refractivity contribution in [3.05, 3.63) is 78.9 Å². The van der Waals surface area contributed by atoms with Crippen molar-refractivity contribution in [2.45, 2.75) is 4.90 Å². The van der Waals surface area contributed by atoms with E-state index in [2.05, 4.69) is 16.9 Å². The lowest BCUT2D eigenvalue weighted by molar-refractivity contribution is 0.415. The summed E-state index contributed by atoms with van der Waals surface area (Å²) < 4.78 is 20.5. The van der Waals surface area contributed by atoms with Gasteiger partial charge < -0.3 is 9.46 Å². The number of nitrogens with one attached hydrogen (secondary N) is 1. The molecule has 0 unspecified atom stereocenters. The molecule has 1 atom stereocenters. The van der Waals surface area contributed by atoms with Gasteiger partial charge in [0, 0.05) is 5.69 Å². The molecule has 116 valence electrons. The summed E-state index contributed by atoms with van der Waals surface area (Å²) in [6.45, 7) is 0. The summed E-state index contributed by atoms with van der Waals surface area (Å²) in [7, 11) is 0.321. The van der Waals surface area contributed by atoms with E-state index < -0.39 is 11.0 Å². The van der Waals surface area contributed by atoms with Crippen LogP contribution in [0.25, 0.3) is 11.1 Å². The van der Waals surface area contributed by atoms with E-state index in [0.717, 1.165) is 27.5 Å². The molecule has 0 bridgehead atoms. The van der Waals surface area contributed by atoms with Crippen LogP contribution in [0.3, 0.4) is 0 Å². The molecule has 23 heavy (non-hydrogen) atoms. The van der Waals surface area contributed by atoms with E-state index in [1.54, 1.807) is 7.11 Å². The van der Waals surface area contributed by atoms with Crippen LogP contribution < -0.4 is 9.46 Å². The largest absolute Gasteiger partial charge is 0.497 e. The molecule has 0 fully saturated rings. The van der Waals surface area contributed by atoms with Gasteiger partial charge in [-0.2, -0.15) is 0 Å². The Bertz CT molecular complexity index is 784. The van der Waals surface area contributed by atoms with Crippen LogP contribution in [-0.4, -0.2) is 11.3 Å². The topological polar surface area (TPSA) is 38.3 Å². The molecule has 0 amide bonds. The standard InChI is InChI=1S/C19H17NO2S/c1-22-18-11-9-17(10-12-18)20-23(21)19-13-7-16(8-14-19)15-5-3-2-4-6-15/h2-14,20H,1H3/t23-/m1/s1. The first-order chi connectivity index (χ1) is 11.3. The van der Waals surface area contributed by atoms with Crippen molar-refractivity contribution in [1.29, 1.82) is 0 Å². The van der Waals surface area contributed by atoms with Crippen molar-refractivity contribution < 1.29 is 8.95 Å². The fourth-order valence-electron chi connectivity index (χ4n) is 2.23. The third-order valence-corrected chi connectivity index (χ3v) is 4.60. The summed E-state index contributed by atoms with van der Waals surface area (Å²) in [5, 5.41) is 0. The van der Waals surface area contributed by atoms with Crippen molar-refractivity contribution in [1.82, 2.24) is 0 Å². The molecule has 0 aliphatic carbocycles. The van der Waals surface area contributed by atoms with Crippen LogP contribution in [0.2, 0.25) is 0 Å². The number of hydrogen-bond acceptors (Lipinski definition) is 2. The summed E-state index contributed by atoms with van der Waals surface area (Å²) in [5.74, 6) is 0.772. The zero-order chi connectivity index (χ0) is 16.1. The van der Waals surface area contributed by atoms with Gasteiger partial charge in [-0.1, -0.05) is 42.5 Å². The lowest BCUT2D eigenvalue weighted by atomic mass is 10.1. The van der Waals surface area contributed by atoms with E-state index in [1.165, 1.54) is 0 Å². The molecule has 3 rings (SSSR count). The second kappa shape index (κ2) is 7.11. The molecular formula is C19H17NO2S. The molecule has 0 saturated heterocycles. The van der Waals surface area contributed by atoms with E-state index in [1.807, 2.05) is 66.7 Å². The van der Waals surface area contributed by atoms with Crippen LogP contribution in [0.5, 0.6) is 5.75 Å². The monoisotopic (exact) mass is 323 g/mol. The van der Waals surface area contributed by atoms with Crippen molar-refractivity contribution in [3.63, 3.8) is 0 Å². The maximum Gasteiger partial charge on any atom is 0.150 e. The molecule has 0 heterocycles. The van der Waals surface area contributed by atoms with E-state index in [9.17, 15) is 4.21 Å². The van der Waals surface area contributed by atoms with Gasteiger partial charge in [0.15, 0.2) is 0 Å². The third-order valence-electron chi connectivity index (χ3n) is 3.48.